The molecule has 0 radical (unpaired) electrons. The fourth-order valence-corrected chi connectivity index (χ4v) is 3.55. The summed E-state index contributed by atoms with van der Waals surface area (Å²) in [7, 11) is 0. The van der Waals surface area contributed by atoms with Crippen molar-refractivity contribution in [2.75, 3.05) is 0 Å². The molecule has 2 aromatic carbocycles. The Morgan fingerprint density at radius 2 is 1.79 bits per heavy atom. The third-order valence-corrected chi connectivity index (χ3v) is 5.08. The van der Waals surface area contributed by atoms with E-state index >= 15 is 0 Å². The Balaban J connectivity index is 2.09. The van der Waals surface area contributed by atoms with Crippen LogP contribution >= 0.6 is 24.2 Å². The summed E-state index contributed by atoms with van der Waals surface area (Å²) >= 11 is 10.6. The zero-order valence-electron chi connectivity index (χ0n) is 11.2. The number of thiol groups is 1. The molecule has 0 fully saturated rings. The van der Waals surface area contributed by atoms with E-state index in [4.69, 9.17) is 11.6 Å². The van der Waals surface area contributed by atoms with Crippen LogP contribution in [0.2, 0.25) is 5.02 Å². The number of rotatable bonds is 1. The third-order valence-electron chi connectivity index (χ3n) is 4.36. The van der Waals surface area contributed by atoms with Crippen molar-refractivity contribution in [1.29, 1.82) is 0 Å². The molecule has 19 heavy (non-hydrogen) atoms. The summed E-state index contributed by atoms with van der Waals surface area (Å²) in [5.41, 5.74) is 6.96. The van der Waals surface area contributed by atoms with Crippen LogP contribution in [0.25, 0.3) is 0 Å². The highest BCUT2D eigenvalue weighted by Crippen LogP contribution is 2.41. The van der Waals surface area contributed by atoms with Crippen molar-refractivity contribution in [2.24, 2.45) is 0 Å². The minimum atomic E-state index is 0.514. The molecule has 1 unspecified atom stereocenters. The Morgan fingerprint density at radius 1 is 1.05 bits per heavy atom. The second-order valence-electron chi connectivity index (χ2n) is 5.36. The van der Waals surface area contributed by atoms with Gasteiger partial charge in [0, 0.05) is 15.8 Å². The molecule has 0 bridgehead atoms. The molecule has 1 aliphatic rings. The maximum absolute atomic E-state index is 6.08. The predicted octanol–water partition coefficient (Wildman–Crippen LogP) is 5.32. The molecular weight excluding hydrogens is 272 g/mol. The van der Waals surface area contributed by atoms with E-state index in [2.05, 4.69) is 50.7 Å². The molecule has 0 saturated heterocycles. The Bertz CT molecular complexity index is 646. The lowest BCUT2D eigenvalue weighted by Gasteiger charge is -2.18. The van der Waals surface area contributed by atoms with Gasteiger partial charge in [0.15, 0.2) is 0 Å². The minimum absolute atomic E-state index is 0.514. The number of hydrogen-bond donors (Lipinski definition) is 1. The van der Waals surface area contributed by atoms with Crippen LogP contribution in [-0.2, 0) is 6.42 Å². The van der Waals surface area contributed by atoms with Crippen LogP contribution in [0.4, 0.5) is 0 Å². The van der Waals surface area contributed by atoms with Crippen molar-refractivity contribution in [1.82, 2.24) is 0 Å². The lowest BCUT2D eigenvalue weighted by atomic mass is 9.88. The molecule has 0 saturated carbocycles. The van der Waals surface area contributed by atoms with E-state index in [9.17, 15) is 0 Å². The van der Waals surface area contributed by atoms with Crippen LogP contribution in [0.3, 0.4) is 0 Å². The summed E-state index contributed by atoms with van der Waals surface area (Å²) in [5, 5.41) is 0.845. The van der Waals surface area contributed by atoms with Crippen LogP contribution in [0.5, 0.6) is 0 Å². The standard InChI is InChI=1S/C17H17ClS/c1-10-11(2)17(19)8-7-14(10)16-5-3-12-9-13(18)4-6-15(12)16/h4,6-9,16,19H,3,5H2,1-2H3. The molecule has 2 heteroatoms. The summed E-state index contributed by atoms with van der Waals surface area (Å²) in [5.74, 6) is 0.514. The lowest BCUT2D eigenvalue weighted by Crippen LogP contribution is -2.01. The summed E-state index contributed by atoms with van der Waals surface area (Å²) in [6.45, 7) is 4.36. The maximum atomic E-state index is 6.08. The van der Waals surface area contributed by atoms with Gasteiger partial charge in [-0.1, -0.05) is 23.7 Å². The Hall–Kier alpha value is -0.920. The predicted molar refractivity (Wildman–Crippen MR) is 84.8 cm³/mol. The van der Waals surface area contributed by atoms with Crippen molar-refractivity contribution in [3.8, 4) is 0 Å². The zero-order chi connectivity index (χ0) is 13.6. The second kappa shape index (κ2) is 4.88. The van der Waals surface area contributed by atoms with Crippen molar-refractivity contribution in [3.63, 3.8) is 0 Å². The van der Waals surface area contributed by atoms with E-state index in [0.29, 0.717) is 5.92 Å². The minimum Gasteiger partial charge on any atom is -0.143 e. The largest absolute Gasteiger partial charge is 0.143 e. The molecule has 0 amide bonds. The number of benzene rings is 2. The van der Waals surface area contributed by atoms with Crippen LogP contribution in [-0.4, -0.2) is 0 Å². The highest BCUT2D eigenvalue weighted by Gasteiger charge is 2.25. The molecule has 0 aliphatic heterocycles. The number of fused-ring (bicyclic) bond motifs is 1. The zero-order valence-corrected chi connectivity index (χ0v) is 12.9. The fourth-order valence-electron chi connectivity index (χ4n) is 3.11. The molecule has 98 valence electrons. The van der Waals surface area contributed by atoms with Gasteiger partial charge in [-0.2, -0.15) is 0 Å². The molecule has 0 N–H and O–H groups in total. The van der Waals surface area contributed by atoms with Crippen molar-refractivity contribution in [3.05, 3.63) is 63.2 Å². The van der Waals surface area contributed by atoms with Crippen molar-refractivity contribution in [2.45, 2.75) is 37.5 Å². The highest BCUT2D eigenvalue weighted by molar-refractivity contribution is 7.80. The van der Waals surface area contributed by atoms with Gasteiger partial charge in [-0.25, -0.2) is 0 Å². The first kappa shape index (κ1) is 13.1. The Kier molecular flexibility index (Phi) is 3.36. The average Bonchev–Trinajstić information content (AvgIpc) is 2.79. The summed E-state index contributed by atoms with van der Waals surface area (Å²) < 4.78 is 0. The van der Waals surface area contributed by atoms with Crippen molar-refractivity contribution >= 4 is 24.2 Å². The van der Waals surface area contributed by atoms with Gasteiger partial charge in [0.2, 0.25) is 0 Å². The second-order valence-corrected chi connectivity index (χ2v) is 6.28. The van der Waals surface area contributed by atoms with Crippen molar-refractivity contribution < 1.29 is 0 Å². The van der Waals surface area contributed by atoms with E-state index in [-0.39, 0.29) is 0 Å². The van der Waals surface area contributed by atoms with Gasteiger partial charge in [-0.3, -0.25) is 0 Å². The van der Waals surface area contributed by atoms with Crippen LogP contribution in [0, 0.1) is 13.8 Å². The van der Waals surface area contributed by atoms with E-state index in [1.807, 2.05) is 6.07 Å². The van der Waals surface area contributed by atoms with Crippen LogP contribution in [0.1, 0.15) is 40.2 Å². The number of halogens is 1. The first-order chi connectivity index (χ1) is 9.08. The SMILES string of the molecule is Cc1c(S)ccc(C2CCc3cc(Cl)ccc32)c1C. The van der Waals surface area contributed by atoms with Crippen LogP contribution in [0.15, 0.2) is 35.2 Å². The smallest absolute Gasteiger partial charge is 0.0408 e. The lowest BCUT2D eigenvalue weighted by molar-refractivity contribution is 0.779. The molecule has 1 atom stereocenters. The molecular formula is C17H17ClS. The molecule has 2 aromatic rings. The van der Waals surface area contributed by atoms with E-state index < -0.39 is 0 Å². The van der Waals surface area contributed by atoms with E-state index in [1.165, 1.54) is 34.2 Å². The normalized spacial score (nSPS) is 17.6. The highest BCUT2D eigenvalue weighted by atomic mass is 35.5. The van der Waals surface area contributed by atoms with Gasteiger partial charge in [-0.05, 0) is 72.7 Å². The van der Waals surface area contributed by atoms with E-state index in [1.54, 1.807) is 0 Å². The Labute approximate surface area is 125 Å². The molecule has 1 aliphatic carbocycles. The first-order valence-electron chi connectivity index (χ1n) is 6.65. The van der Waals surface area contributed by atoms with Gasteiger partial charge in [-0.15, -0.1) is 12.6 Å². The summed E-state index contributed by atoms with van der Waals surface area (Å²) in [6, 6.07) is 10.7. The molecule has 0 heterocycles. The Morgan fingerprint density at radius 3 is 2.58 bits per heavy atom. The van der Waals surface area contributed by atoms with Gasteiger partial charge < -0.3 is 0 Å². The topological polar surface area (TPSA) is 0 Å². The fraction of sp³-hybridized carbons (Fsp3) is 0.294. The molecule has 0 spiro atoms. The van der Waals surface area contributed by atoms with E-state index in [0.717, 1.165) is 16.3 Å². The van der Waals surface area contributed by atoms with Gasteiger partial charge in [0.25, 0.3) is 0 Å². The molecule has 3 rings (SSSR count). The number of hydrogen-bond acceptors (Lipinski definition) is 1. The maximum Gasteiger partial charge on any atom is 0.0408 e. The summed E-state index contributed by atoms with van der Waals surface area (Å²) in [6.07, 6.45) is 2.31. The average molecular weight is 289 g/mol. The molecule has 0 aromatic heterocycles. The summed E-state index contributed by atoms with van der Waals surface area (Å²) in [4.78, 5) is 1.08. The van der Waals surface area contributed by atoms with Gasteiger partial charge in [0.05, 0.1) is 0 Å². The third kappa shape index (κ3) is 2.19. The number of aryl methyl sites for hydroxylation is 1. The molecule has 0 nitrogen and oxygen atoms in total. The monoisotopic (exact) mass is 288 g/mol. The quantitative estimate of drug-likeness (QED) is 0.674. The van der Waals surface area contributed by atoms with Gasteiger partial charge in [0.1, 0.15) is 0 Å². The first-order valence-corrected chi connectivity index (χ1v) is 7.48. The van der Waals surface area contributed by atoms with Crippen LogP contribution < -0.4 is 0 Å². The van der Waals surface area contributed by atoms with Gasteiger partial charge >= 0.3 is 0 Å².